The number of hydrogen-bond acceptors (Lipinski definition) is 6. The molecule has 18 heavy (non-hydrogen) atoms. The lowest BCUT2D eigenvalue weighted by molar-refractivity contribution is -0.911. The van der Waals surface area contributed by atoms with Crippen molar-refractivity contribution in [3.8, 4) is 11.6 Å². The van der Waals surface area contributed by atoms with Crippen molar-refractivity contribution >= 4 is 0 Å². The van der Waals surface area contributed by atoms with E-state index in [2.05, 4.69) is 52.1 Å². The highest BCUT2D eigenvalue weighted by molar-refractivity contribution is 5.40. The molecule has 98 valence electrons. The molecule has 2 heterocycles. The highest BCUT2D eigenvalue weighted by Crippen LogP contribution is 2.12. The third kappa shape index (κ3) is 2.35. The molecular formula is C9H18N9+. The van der Waals surface area contributed by atoms with Crippen molar-refractivity contribution in [1.29, 1.82) is 0 Å². The molecule has 0 N–H and O–H groups in total. The molecule has 9 nitrogen and oxygen atoms in total. The monoisotopic (exact) mass is 252 g/mol. The van der Waals surface area contributed by atoms with Gasteiger partial charge in [0.25, 0.3) is 0 Å². The highest BCUT2D eigenvalue weighted by Gasteiger charge is 2.21. The average Bonchev–Trinajstić information content (AvgIpc) is 2.96. The van der Waals surface area contributed by atoms with Crippen molar-refractivity contribution in [2.24, 2.45) is 0 Å². The van der Waals surface area contributed by atoms with Crippen LogP contribution in [0, 0.1) is 0 Å². The van der Waals surface area contributed by atoms with Crippen molar-refractivity contribution in [2.75, 3.05) is 20.6 Å². The lowest BCUT2D eigenvalue weighted by Gasteiger charge is -2.27. The maximum atomic E-state index is 4.01. The molecule has 0 unspecified atom stereocenters. The first-order valence-electron chi connectivity index (χ1n) is 5.92. The van der Waals surface area contributed by atoms with Gasteiger partial charge in [-0.1, -0.05) is 0 Å². The second-order valence-electron chi connectivity index (χ2n) is 4.71. The van der Waals surface area contributed by atoms with Gasteiger partial charge in [0.2, 0.25) is 11.6 Å². The van der Waals surface area contributed by atoms with Gasteiger partial charge in [-0.25, -0.2) is 4.68 Å². The fourth-order valence-corrected chi connectivity index (χ4v) is 1.50. The summed E-state index contributed by atoms with van der Waals surface area (Å²) in [6.07, 6.45) is 0. The maximum absolute atomic E-state index is 4.01. The Bertz CT molecular complexity index is 512. The van der Waals surface area contributed by atoms with Gasteiger partial charge in [0.15, 0.2) is 6.67 Å². The van der Waals surface area contributed by atoms with Crippen LogP contribution in [0.25, 0.3) is 11.6 Å². The Morgan fingerprint density at radius 1 is 0.944 bits per heavy atom. The smallest absolute Gasteiger partial charge is 0.226 e. The van der Waals surface area contributed by atoms with Crippen LogP contribution in [0.1, 0.15) is 13.8 Å². The van der Waals surface area contributed by atoms with Crippen molar-refractivity contribution in [3.05, 3.63) is 0 Å². The predicted molar refractivity (Wildman–Crippen MR) is 63.0 cm³/mol. The van der Waals surface area contributed by atoms with Gasteiger partial charge in [0.05, 0.1) is 20.6 Å². The van der Waals surface area contributed by atoms with E-state index in [1.807, 2.05) is 6.92 Å². The van der Waals surface area contributed by atoms with Crippen molar-refractivity contribution < 1.29 is 4.48 Å². The fraction of sp³-hybridized carbons (Fsp3) is 0.778. The summed E-state index contributed by atoms with van der Waals surface area (Å²) in [5.74, 6) is 1.19. The Hall–Kier alpha value is -1.90. The molecule has 2 rings (SSSR count). The average molecular weight is 252 g/mol. The van der Waals surface area contributed by atoms with Gasteiger partial charge in [0, 0.05) is 6.54 Å². The zero-order chi connectivity index (χ0) is 13.2. The van der Waals surface area contributed by atoms with E-state index in [-0.39, 0.29) is 0 Å². The summed E-state index contributed by atoms with van der Waals surface area (Å²) in [5.41, 5.74) is 0. The maximum Gasteiger partial charge on any atom is 0.226 e. The summed E-state index contributed by atoms with van der Waals surface area (Å²) >= 11 is 0. The topological polar surface area (TPSA) is 87.2 Å². The number of aromatic nitrogens is 8. The van der Waals surface area contributed by atoms with Crippen LogP contribution in [0.4, 0.5) is 0 Å². The summed E-state index contributed by atoms with van der Waals surface area (Å²) in [4.78, 5) is 0. The molecule has 0 saturated heterocycles. The van der Waals surface area contributed by atoms with Crippen LogP contribution in [0.5, 0.6) is 0 Å². The number of hydrogen-bond donors (Lipinski definition) is 0. The minimum Gasteiger partial charge on any atom is -0.310 e. The van der Waals surface area contributed by atoms with E-state index in [0.29, 0.717) is 24.9 Å². The molecule has 0 fully saturated rings. The summed E-state index contributed by atoms with van der Waals surface area (Å²) in [6, 6.07) is 0. The summed E-state index contributed by atoms with van der Waals surface area (Å²) < 4.78 is 4.20. The Balaban J connectivity index is 2.34. The van der Waals surface area contributed by atoms with Crippen LogP contribution in [0.2, 0.25) is 0 Å². The molecule has 0 aromatic carbocycles. The number of nitrogens with zero attached hydrogens (tertiary/aromatic N) is 9. The van der Waals surface area contributed by atoms with Crippen molar-refractivity contribution in [3.63, 3.8) is 0 Å². The Morgan fingerprint density at radius 2 is 1.50 bits per heavy atom. The van der Waals surface area contributed by atoms with Crippen molar-refractivity contribution in [2.45, 2.75) is 27.1 Å². The van der Waals surface area contributed by atoms with E-state index < -0.39 is 0 Å². The third-order valence-corrected chi connectivity index (χ3v) is 2.94. The molecule has 0 bridgehead atoms. The van der Waals surface area contributed by atoms with Crippen LogP contribution in [0.3, 0.4) is 0 Å². The van der Waals surface area contributed by atoms with E-state index in [0.717, 1.165) is 11.0 Å². The van der Waals surface area contributed by atoms with E-state index in [9.17, 15) is 0 Å². The first kappa shape index (κ1) is 12.6. The lowest BCUT2D eigenvalue weighted by Crippen LogP contribution is -2.41. The minimum absolute atomic E-state index is 0.596. The van der Waals surface area contributed by atoms with Gasteiger partial charge in [0.1, 0.15) is 0 Å². The summed E-state index contributed by atoms with van der Waals surface area (Å²) in [5, 5.41) is 23.3. The second kappa shape index (κ2) is 4.77. The van der Waals surface area contributed by atoms with Gasteiger partial charge in [-0.05, 0) is 34.7 Å². The number of rotatable bonds is 5. The van der Waals surface area contributed by atoms with Gasteiger partial charge < -0.3 is 4.48 Å². The molecule has 0 aliphatic heterocycles. The number of tetrazole rings is 2. The van der Waals surface area contributed by atoms with Gasteiger partial charge in [-0.2, -0.15) is 4.68 Å². The molecule has 0 saturated carbocycles. The normalized spacial score (nSPS) is 12.0. The molecular weight excluding hydrogens is 234 g/mol. The molecule has 2 aromatic heterocycles. The number of aryl methyl sites for hydroxylation is 1. The Labute approximate surface area is 105 Å². The van der Waals surface area contributed by atoms with Crippen LogP contribution >= 0.6 is 0 Å². The van der Waals surface area contributed by atoms with E-state index in [1.54, 1.807) is 9.36 Å². The summed E-state index contributed by atoms with van der Waals surface area (Å²) in [6.45, 7) is 6.44. The molecule has 0 spiro atoms. The highest BCUT2D eigenvalue weighted by atomic mass is 15.6. The van der Waals surface area contributed by atoms with E-state index in [4.69, 9.17) is 0 Å². The van der Waals surface area contributed by atoms with Gasteiger partial charge >= 0.3 is 0 Å². The molecule has 2 aromatic rings. The molecule has 0 aliphatic carbocycles. The standard InChI is InChI=1S/C9H18N9/c1-5-16-8(10-12-14-16)9-11-13-15-17(9)7-18(3,4)6-2/h5-7H2,1-4H3/q+1. The first-order valence-corrected chi connectivity index (χ1v) is 5.92. The second-order valence-corrected chi connectivity index (χ2v) is 4.71. The van der Waals surface area contributed by atoms with Gasteiger partial charge in [-0.15, -0.1) is 10.2 Å². The summed E-state index contributed by atoms with van der Waals surface area (Å²) in [7, 11) is 4.24. The van der Waals surface area contributed by atoms with E-state index >= 15 is 0 Å². The fourth-order valence-electron chi connectivity index (χ4n) is 1.50. The zero-order valence-electron chi connectivity index (χ0n) is 11.1. The predicted octanol–water partition coefficient (Wildman–Crippen LogP) is -0.600. The van der Waals surface area contributed by atoms with Crippen LogP contribution < -0.4 is 0 Å². The molecule has 0 radical (unpaired) electrons. The van der Waals surface area contributed by atoms with Crippen LogP contribution in [0.15, 0.2) is 0 Å². The van der Waals surface area contributed by atoms with Crippen LogP contribution in [-0.4, -0.2) is 65.5 Å². The molecule has 0 aliphatic rings. The number of quaternary nitrogens is 1. The first-order chi connectivity index (χ1) is 8.57. The largest absolute Gasteiger partial charge is 0.310 e. The quantitative estimate of drug-likeness (QED) is 0.660. The SMILES string of the molecule is CCn1nnnc1-c1nnnn1C[N+](C)(C)CC. The van der Waals surface area contributed by atoms with Crippen LogP contribution in [-0.2, 0) is 13.2 Å². The zero-order valence-corrected chi connectivity index (χ0v) is 11.1. The molecule has 0 amide bonds. The van der Waals surface area contributed by atoms with Crippen molar-refractivity contribution in [1.82, 2.24) is 40.4 Å². The Morgan fingerprint density at radius 3 is 2.06 bits per heavy atom. The third-order valence-electron chi connectivity index (χ3n) is 2.94. The minimum atomic E-state index is 0.596. The Kier molecular flexibility index (Phi) is 3.32. The van der Waals surface area contributed by atoms with Gasteiger partial charge in [-0.3, -0.25) is 0 Å². The lowest BCUT2D eigenvalue weighted by atomic mass is 10.5. The molecule has 0 atom stereocenters. The molecule has 9 heteroatoms. The van der Waals surface area contributed by atoms with E-state index in [1.165, 1.54) is 0 Å².